The molecule has 0 atom stereocenters. The summed E-state index contributed by atoms with van der Waals surface area (Å²) in [5.74, 6) is 1.62. The fraction of sp³-hybridized carbons (Fsp3) is 0.364. The molecule has 1 aliphatic rings. The van der Waals surface area contributed by atoms with Crippen molar-refractivity contribution in [2.24, 2.45) is 4.99 Å². The normalized spacial score (nSPS) is 14.7. The van der Waals surface area contributed by atoms with Gasteiger partial charge in [-0.05, 0) is 17.7 Å². The Labute approximate surface area is 189 Å². The molecule has 0 unspecified atom stereocenters. The highest BCUT2D eigenvalue weighted by molar-refractivity contribution is 14.0. The van der Waals surface area contributed by atoms with Gasteiger partial charge in [0.15, 0.2) is 5.96 Å². The summed E-state index contributed by atoms with van der Waals surface area (Å²) in [7, 11) is 1.75. The second kappa shape index (κ2) is 12.3. The number of likely N-dealkylation sites (tertiary alicyclic amines) is 1. The van der Waals surface area contributed by atoms with Gasteiger partial charge in [-0.3, -0.25) is 9.79 Å². The predicted octanol–water partition coefficient (Wildman–Crippen LogP) is 3.04. The molecule has 1 amide bonds. The Kier molecular flexibility index (Phi) is 9.76. The maximum absolute atomic E-state index is 12.1. The number of amides is 1. The highest BCUT2D eigenvalue weighted by atomic mass is 127. The Balaban J connectivity index is 0.00000300. The molecule has 2 aromatic carbocycles. The Morgan fingerprint density at radius 2 is 1.66 bits per heavy atom. The Morgan fingerprint density at radius 1 is 1.03 bits per heavy atom. The van der Waals surface area contributed by atoms with Crippen molar-refractivity contribution in [2.45, 2.75) is 25.5 Å². The van der Waals surface area contributed by atoms with Gasteiger partial charge in [-0.15, -0.1) is 24.0 Å². The molecule has 0 saturated carbocycles. The lowest BCUT2D eigenvalue weighted by Gasteiger charge is -2.34. The number of guanidine groups is 1. The molecule has 1 fully saturated rings. The summed E-state index contributed by atoms with van der Waals surface area (Å²) in [5.41, 5.74) is 1.08. The number of hydrogen-bond donors (Lipinski definition) is 2. The second-order valence-corrected chi connectivity index (χ2v) is 6.78. The maximum atomic E-state index is 12.1. The van der Waals surface area contributed by atoms with Gasteiger partial charge in [0.05, 0.1) is 6.54 Å². The van der Waals surface area contributed by atoms with Crippen LogP contribution in [-0.2, 0) is 11.3 Å². The quantitative estimate of drug-likeness (QED) is 0.358. The molecule has 0 aromatic heterocycles. The van der Waals surface area contributed by atoms with E-state index in [-0.39, 0.29) is 42.5 Å². The van der Waals surface area contributed by atoms with Gasteiger partial charge < -0.3 is 20.3 Å². The standard InChI is InChI=1S/C22H28N4O2.HI/c1-23-22(25-17-21(27)24-16-18-8-4-2-5-9-18)26-14-12-20(13-15-26)28-19-10-6-3-7-11-19;/h2-11,20H,12-17H2,1H3,(H,23,25)(H,24,27);1H. The molecule has 1 saturated heterocycles. The van der Waals surface area contributed by atoms with Crippen LogP contribution in [0.1, 0.15) is 18.4 Å². The van der Waals surface area contributed by atoms with E-state index in [1.807, 2.05) is 60.7 Å². The molecule has 6 nitrogen and oxygen atoms in total. The number of carbonyl (C=O) groups is 1. The van der Waals surface area contributed by atoms with Crippen molar-refractivity contribution in [1.29, 1.82) is 0 Å². The topological polar surface area (TPSA) is 66.0 Å². The van der Waals surface area contributed by atoms with Gasteiger partial charge in [0, 0.05) is 39.5 Å². The molecule has 2 N–H and O–H groups in total. The number of nitrogens with zero attached hydrogens (tertiary/aromatic N) is 2. The molecular weight excluding hydrogens is 479 g/mol. The number of aliphatic imine (C=N–C) groups is 1. The van der Waals surface area contributed by atoms with Gasteiger partial charge in [0.1, 0.15) is 11.9 Å². The summed E-state index contributed by atoms with van der Waals surface area (Å²) in [6.45, 7) is 2.44. The van der Waals surface area contributed by atoms with E-state index < -0.39 is 0 Å². The van der Waals surface area contributed by atoms with Gasteiger partial charge >= 0.3 is 0 Å². The third kappa shape index (κ3) is 7.56. The van der Waals surface area contributed by atoms with E-state index in [1.165, 1.54) is 0 Å². The van der Waals surface area contributed by atoms with E-state index in [1.54, 1.807) is 7.05 Å². The number of nitrogens with one attached hydrogen (secondary N) is 2. The van der Waals surface area contributed by atoms with Crippen molar-refractivity contribution in [3.05, 3.63) is 66.2 Å². The number of hydrogen-bond acceptors (Lipinski definition) is 3. The third-order valence-electron chi connectivity index (χ3n) is 4.74. The first-order valence-electron chi connectivity index (χ1n) is 9.72. The number of halogens is 1. The Bertz CT molecular complexity index is 763. The Hall–Kier alpha value is -2.29. The van der Waals surface area contributed by atoms with Crippen LogP contribution in [0, 0.1) is 0 Å². The van der Waals surface area contributed by atoms with E-state index in [4.69, 9.17) is 4.74 Å². The van der Waals surface area contributed by atoms with Crippen molar-refractivity contribution in [2.75, 3.05) is 26.7 Å². The summed E-state index contributed by atoms with van der Waals surface area (Å²) < 4.78 is 6.04. The van der Waals surface area contributed by atoms with E-state index in [2.05, 4.69) is 20.5 Å². The molecule has 0 aliphatic carbocycles. The highest BCUT2D eigenvalue weighted by Gasteiger charge is 2.22. The summed E-state index contributed by atoms with van der Waals surface area (Å²) in [4.78, 5) is 18.6. The van der Waals surface area contributed by atoms with Crippen LogP contribution in [0.2, 0.25) is 0 Å². The first-order chi connectivity index (χ1) is 13.7. The lowest BCUT2D eigenvalue weighted by atomic mass is 10.1. The van der Waals surface area contributed by atoms with Crippen LogP contribution >= 0.6 is 24.0 Å². The summed E-state index contributed by atoms with van der Waals surface area (Å²) in [6.07, 6.45) is 2.07. The van der Waals surface area contributed by atoms with Crippen LogP contribution in [0.3, 0.4) is 0 Å². The lowest BCUT2D eigenvalue weighted by molar-refractivity contribution is -0.120. The van der Waals surface area contributed by atoms with Gasteiger partial charge in [0.25, 0.3) is 0 Å². The van der Waals surface area contributed by atoms with Crippen LogP contribution in [-0.4, -0.2) is 49.6 Å². The fourth-order valence-electron chi connectivity index (χ4n) is 3.23. The van der Waals surface area contributed by atoms with Crippen LogP contribution in [0.15, 0.2) is 65.7 Å². The van der Waals surface area contributed by atoms with Crippen molar-refractivity contribution >= 4 is 35.8 Å². The number of piperidine rings is 1. The fourth-order valence-corrected chi connectivity index (χ4v) is 3.23. The zero-order valence-corrected chi connectivity index (χ0v) is 19.0. The summed E-state index contributed by atoms with van der Waals surface area (Å²) in [6, 6.07) is 19.8. The molecule has 0 radical (unpaired) electrons. The molecule has 0 spiro atoms. The van der Waals surface area contributed by atoms with E-state index in [0.29, 0.717) is 6.54 Å². The summed E-state index contributed by atoms with van der Waals surface area (Å²) >= 11 is 0. The van der Waals surface area contributed by atoms with Gasteiger partial charge in [-0.1, -0.05) is 48.5 Å². The van der Waals surface area contributed by atoms with E-state index in [0.717, 1.165) is 43.2 Å². The largest absolute Gasteiger partial charge is 0.490 e. The number of ether oxygens (including phenoxy) is 1. The van der Waals surface area contributed by atoms with Crippen molar-refractivity contribution < 1.29 is 9.53 Å². The minimum Gasteiger partial charge on any atom is -0.490 e. The SMILES string of the molecule is CN=C(NCC(=O)NCc1ccccc1)N1CCC(Oc2ccccc2)CC1.I. The lowest BCUT2D eigenvalue weighted by Crippen LogP contribution is -2.49. The minimum absolute atomic E-state index is 0. The van der Waals surface area contributed by atoms with E-state index >= 15 is 0 Å². The smallest absolute Gasteiger partial charge is 0.239 e. The highest BCUT2D eigenvalue weighted by Crippen LogP contribution is 2.18. The zero-order chi connectivity index (χ0) is 19.6. The number of rotatable bonds is 6. The van der Waals surface area contributed by atoms with Crippen LogP contribution in [0.4, 0.5) is 0 Å². The third-order valence-corrected chi connectivity index (χ3v) is 4.74. The summed E-state index contributed by atoms with van der Waals surface area (Å²) in [5, 5.41) is 6.08. The minimum atomic E-state index is -0.0488. The Morgan fingerprint density at radius 3 is 2.28 bits per heavy atom. The zero-order valence-electron chi connectivity index (χ0n) is 16.7. The van der Waals surface area contributed by atoms with Crippen LogP contribution in [0.25, 0.3) is 0 Å². The monoisotopic (exact) mass is 508 g/mol. The van der Waals surface area contributed by atoms with Crippen molar-refractivity contribution in [3.8, 4) is 5.75 Å². The molecule has 156 valence electrons. The predicted molar refractivity (Wildman–Crippen MR) is 127 cm³/mol. The average Bonchev–Trinajstić information content (AvgIpc) is 2.75. The molecule has 29 heavy (non-hydrogen) atoms. The van der Waals surface area contributed by atoms with Crippen LogP contribution < -0.4 is 15.4 Å². The van der Waals surface area contributed by atoms with Gasteiger partial charge in [-0.25, -0.2) is 0 Å². The van der Waals surface area contributed by atoms with Gasteiger partial charge in [0.2, 0.25) is 5.91 Å². The first-order valence-corrected chi connectivity index (χ1v) is 9.72. The molecular formula is C22H29IN4O2. The number of para-hydroxylation sites is 1. The van der Waals surface area contributed by atoms with Crippen molar-refractivity contribution in [3.63, 3.8) is 0 Å². The number of benzene rings is 2. The van der Waals surface area contributed by atoms with E-state index in [9.17, 15) is 4.79 Å². The molecule has 7 heteroatoms. The molecule has 2 aromatic rings. The first kappa shape index (κ1) is 23.0. The second-order valence-electron chi connectivity index (χ2n) is 6.78. The van der Waals surface area contributed by atoms with Crippen LogP contribution in [0.5, 0.6) is 5.75 Å². The molecule has 1 heterocycles. The maximum Gasteiger partial charge on any atom is 0.239 e. The molecule has 3 rings (SSSR count). The molecule has 1 aliphatic heterocycles. The average molecular weight is 508 g/mol. The number of carbonyl (C=O) groups excluding carboxylic acids is 1. The van der Waals surface area contributed by atoms with Gasteiger partial charge in [-0.2, -0.15) is 0 Å². The van der Waals surface area contributed by atoms with Crippen molar-refractivity contribution in [1.82, 2.24) is 15.5 Å². The molecule has 0 bridgehead atoms.